The van der Waals surface area contributed by atoms with Gasteiger partial charge in [-0.2, -0.15) is 0 Å². The maximum atomic E-state index is 6.05. The van der Waals surface area contributed by atoms with E-state index in [0.29, 0.717) is 5.92 Å². The molecule has 0 aliphatic rings. The number of thiazole rings is 1. The molecule has 2 nitrogen and oxygen atoms in total. The van der Waals surface area contributed by atoms with Gasteiger partial charge >= 0.3 is 0 Å². The van der Waals surface area contributed by atoms with Crippen molar-refractivity contribution in [2.75, 3.05) is 0 Å². The summed E-state index contributed by atoms with van der Waals surface area (Å²) in [6.07, 6.45) is 2.27. The van der Waals surface area contributed by atoms with E-state index >= 15 is 0 Å². The maximum absolute atomic E-state index is 6.05. The zero-order valence-corrected chi connectivity index (χ0v) is 8.47. The second kappa shape index (κ2) is 4.58. The van der Waals surface area contributed by atoms with Gasteiger partial charge in [-0.25, -0.2) is 4.98 Å². The lowest BCUT2D eigenvalue weighted by molar-refractivity contribution is 0.400. The fraction of sp³-hybridized carbons (Fsp3) is 0.667. The molecule has 1 rings (SSSR count). The Morgan fingerprint density at radius 1 is 1.50 bits per heavy atom. The first kappa shape index (κ1) is 9.68. The van der Waals surface area contributed by atoms with E-state index in [9.17, 15) is 0 Å². The molecule has 0 aliphatic heterocycles. The fourth-order valence-corrected chi connectivity index (χ4v) is 2.03. The van der Waals surface area contributed by atoms with Crippen molar-refractivity contribution in [3.63, 3.8) is 0 Å². The van der Waals surface area contributed by atoms with Gasteiger partial charge in [0.25, 0.3) is 0 Å². The molecule has 68 valence electrons. The zero-order valence-electron chi connectivity index (χ0n) is 7.66. The minimum absolute atomic E-state index is 0.131. The van der Waals surface area contributed by atoms with Crippen LogP contribution in [0.3, 0.4) is 0 Å². The molecule has 1 aromatic rings. The molecular weight excluding hydrogens is 168 g/mol. The number of hydrogen-bond donors (Lipinski definition) is 1. The third-order valence-corrected chi connectivity index (χ3v) is 2.95. The summed E-state index contributed by atoms with van der Waals surface area (Å²) < 4.78 is 0. The van der Waals surface area contributed by atoms with Crippen molar-refractivity contribution >= 4 is 11.3 Å². The highest BCUT2D eigenvalue weighted by molar-refractivity contribution is 7.07. The van der Waals surface area contributed by atoms with E-state index in [4.69, 9.17) is 5.73 Å². The number of rotatable bonds is 4. The van der Waals surface area contributed by atoms with Gasteiger partial charge in [0.15, 0.2) is 0 Å². The first-order valence-corrected chi connectivity index (χ1v) is 5.37. The molecule has 0 bridgehead atoms. The van der Waals surface area contributed by atoms with Gasteiger partial charge < -0.3 is 5.73 Å². The normalized spacial score (nSPS) is 13.7. The molecule has 0 radical (unpaired) electrons. The molecule has 0 aromatic carbocycles. The van der Waals surface area contributed by atoms with Crippen molar-refractivity contribution in [2.45, 2.75) is 32.7 Å². The molecule has 1 atom stereocenters. The monoisotopic (exact) mass is 184 g/mol. The highest BCUT2D eigenvalue weighted by Crippen LogP contribution is 2.24. The van der Waals surface area contributed by atoms with Gasteiger partial charge in [-0.15, -0.1) is 11.3 Å². The van der Waals surface area contributed by atoms with Crippen LogP contribution in [0.2, 0.25) is 0 Å². The van der Waals surface area contributed by atoms with Gasteiger partial charge in [-0.05, 0) is 5.92 Å². The predicted molar refractivity (Wildman–Crippen MR) is 53.1 cm³/mol. The Morgan fingerprint density at radius 3 is 2.58 bits per heavy atom. The van der Waals surface area contributed by atoms with Crippen LogP contribution in [0.1, 0.15) is 38.4 Å². The summed E-state index contributed by atoms with van der Waals surface area (Å²) in [5, 5.41) is 2.04. The molecule has 0 saturated heterocycles. The highest BCUT2D eigenvalue weighted by atomic mass is 32.1. The van der Waals surface area contributed by atoms with E-state index in [1.165, 1.54) is 0 Å². The van der Waals surface area contributed by atoms with Gasteiger partial charge in [0.2, 0.25) is 0 Å². The summed E-state index contributed by atoms with van der Waals surface area (Å²) in [5.74, 6) is 0.576. The second-order valence-electron chi connectivity index (χ2n) is 3.02. The quantitative estimate of drug-likeness (QED) is 0.781. The number of nitrogens with two attached hydrogens (primary N) is 1. The van der Waals surface area contributed by atoms with Crippen LogP contribution in [0.15, 0.2) is 10.9 Å². The van der Waals surface area contributed by atoms with E-state index in [1.807, 2.05) is 10.9 Å². The van der Waals surface area contributed by atoms with E-state index in [2.05, 4.69) is 18.8 Å². The number of nitrogens with zero attached hydrogens (tertiary/aromatic N) is 1. The lowest BCUT2D eigenvalue weighted by atomic mass is 9.93. The van der Waals surface area contributed by atoms with Gasteiger partial charge in [0.1, 0.15) is 0 Å². The van der Waals surface area contributed by atoms with Crippen LogP contribution in [0.25, 0.3) is 0 Å². The van der Waals surface area contributed by atoms with E-state index in [1.54, 1.807) is 11.3 Å². The van der Waals surface area contributed by atoms with Crippen LogP contribution in [-0.2, 0) is 0 Å². The average molecular weight is 184 g/mol. The van der Waals surface area contributed by atoms with Crippen molar-refractivity contribution in [1.82, 2.24) is 4.98 Å². The molecule has 12 heavy (non-hydrogen) atoms. The third kappa shape index (κ3) is 2.05. The molecule has 0 amide bonds. The zero-order chi connectivity index (χ0) is 8.97. The predicted octanol–water partition coefficient (Wildman–Crippen LogP) is 2.58. The van der Waals surface area contributed by atoms with Crippen molar-refractivity contribution in [2.24, 2.45) is 11.7 Å². The lowest BCUT2D eigenvalue weighted by Gasteiger charge is -2.18. The first-order chi connectivity index (χ1) is 5.79. The Kier molecular flexibility index (Phi) is 3.69. The van der Waals surface area contributed by atoms with Gasteiger partial charge in [0.05, 0.1) is 17.2 Å². The third-order valence-electron chi connectivity index (χ3n) is 2.35. The summed E-state index contributed by atoms with van der Waals surface area (Å²) in [6.45, 7) is 4.36. The van der Waals surface area contributed by atoms with Crippen molar-refractivity contribution in [1.29, 1.82) is 0 Å². The Labute approximate surface area is 77.8 Å². The standard InChI is InChI=1S/C9H16N2S/c1-3-7(4-2)9(10)8-5-12-6-11-8/h5-7,9H,3-4,10H2,1-2H3. The van der Waals surface area contributed by atoms with Crippen molar-refractivity contribution in [3.05, 3.63) is 16.6 Å². The number of aromatic nitrogens is 1. The minimum atomic E-state index is 0.131. The van der Waals surface area contributed by atoms with Gasteiger partial charge in [-0.3, -0.25) is 0 Å². The Morgan fingerprint density at radius 2 is 2.17 bits per heavy atom. The molecule has 3 heteroatoms. The minimum Gasteiger partial charge on any atom is -0.322 e. The average Bonchev–Trinajstić information content (AvgIpc) is 2.58. The molecule has 0 saturated carbocycles. The van der Waals surface area contributed by atoms with Crippen LogP contribution in [-0.4, -0.2) is 4.98 Å². The molecule has 0 fully saturated rings. The second-order valence-corrected chi connectivity index (χ2v) is 3.73. The van der Waals surface area contributed by atoms with Crippen LogP contribution < -0.4 is 5.73 Å². The summed E-state index contributed by atoms with van der Waals surface area (Å²) >= 11 is 1.62. The molecule has 1 heterocycles. The molecule has 0 spiro atoms. The van der Waals surface area contributed by atoms with Crippen LogP contribution in [0.5, 0.6) is 0 Å². The van der Waals surface area contributed by atoms with Gasteiger partial charge in [-0.1, -0.05) is 26.7 Å². The Bertz CT molecular complexity index is 204. The molecule has 1 aromatic heterocycles. The molecular formula is C9H16N2S. The van der Waals surface area contributed by atoms with E-state index in [-0.39, 0.29) is 6.04 Å². The van der Waals surface area contributed by atoms with Crippen LogP contribution in [0.4, 0.5) is 0 Å². The highest BCUT2D eigenvalue weighted by Gasteiger charge is 2.16. The summed E-state index contributed by atoms with van der Waals surface area (Å²) in [6, 6.07) is 0.131. The topological polar surface area (TPSA) is 38.9 Å². The summed E-state index contributed by atoms with van der Waals surface area (Å²) in [5.41, 5.74) is 8.94. The van der Waals surface area contributed by atoms with Crippen molar-refractivity contribution < 1.29 is 0 Å². The van der Waals surface area contributed by atoms with Gasteiger partial charge in [0, 0.05) is 5.38 Å². The molecule has 0 aliphatic carbocycles. The van der Waals surface area contributed by atoms with Crippen molar-refractivity contribution in [3.8, 4) is 0 Å². The number of hydrogen-bond acceptors (Lipinski definition) is 3. The molecule has 2 N–H and O–H groups in total. The smallest absolute Gasteiger partial charge is 0.0795 e. The van der Waals surface area contributed by atoms with E-state index < -0.39 is 0 Å². The fourth-order valence-electron chi connectivity index (χ4n) is 1.42. The van der Waals surface area contributed by atoms with E-state index in [0.717, 1.165) is 18.5 Å². The molecule has 1 unspecified atom stereocenters. The largest absolute Gasteiger partial charge is 0.322 e. The Balaban J connectivity index is 2.63. The first-order valence-electron chi connectivity index (χ1n) is 4.43. The lowest BCUT2D eigenvalue weighted by Crippen LogP contribution is -2.20. The maximum Gasteiger partial charge on any atom is 0.0795 e. The summed E-state index contributed by atoms with van der Waals surface area (Å²) in [7, 11) is 0. The van der Waals surface area contributed by atoms with Crippen LogP contribution >= 0.6 is 11.3 Å². The van der Waals surface area contributed by atoms with Crippen LogP contribution in [0, 0.1) is 5.92 Å². The summed E-state index contributed by atoms with van der Waals surface area (Å²) in [4.78, 5) is 4.23. The Hall–Kier alpha value is -0.410. The SMILES string of the molecule is CCC(CC)C(N)c1cscn1.